The van der Waals surface area contributed by atoms with Crippen LogP contribution in [0.3, 0.4) is 0 Å². The van der Waals surface area contributed by atoms with Gasteiger partial charge in [-0.2, -0.15) is 0 Å². The summed E-state index contributed by atoms with van der Waals surface area (Å²) in [7, 11) is 0. The van der Waals surface area contributed by atoms with Crippen LogP contribution in [0.1, 0.15) is 13.8 Å². The Labute approximate surface area is 61.1 Å². The summed E-state index contributed by atoms with van der Waals surface area (Å²) in [6.45, 7) is 8.24. The maximum atomic E-state index is 5.23. The Kier molecular flexibility index (Phi) is 2.12. The fourth-order valence-corrected chi connectivity index (χ4v) is 0.903. The van der Waals surface area contributed by atoms with E-state index in [1.807, 2.05) is 19.9 Å². The third kappa shape index (κ3) is 1.39. The summed E-state index contributed by atoms with van der Waals surface area (Å²) in [5.41, 5.74) is 1.09. The molecular weight excluding hydrogens is 128 g/mol. The van der Waals surface area contributed by atoms with Crippen LogP contribution in [0, 0.1) is 0 Å². The molecule has 10 heavy (non-hydrogen) atoms. The first-order valence-electron chi connectivity index (χ1n) is 3.39. The van der Waals surface area contributed by atoms with Crippen LogP contribution in [0.2, 0.25) is 0 Å². The van der Waals surface area contributed by atoms with Gasteiger partial charge in [0.15, 0.2) is 0 Å². The zero-order valence-corrected chi connectivity index (χ0v) is 6.39. The predicted molar refractivity (Wildman–Crippen MR) is 39.4 cm³/mol. The first-order chi connectivity index (χ1) is 4.74. The van der Waals surface area contributed by atoms with E-state index in [4.69, 9.17) is 9.47 Å². The monoisotopic (exact) mass is 140 g/mol. The van der Waals surface area contributed by atoms with Gasteiger partial charge in [-0.3, -0.25) is 0 Å². The van der Waals surface area contributed by atoms with Crippen LogP contribution in [0.5, 0.6) is 0 Å². The van der Waals surface area contributed by atoms with Gasteiger partial charge in [0, 0.05) is 6.61 Å². The highest BCUT2D eigenvalue weighted by atomic mass is 16.7. The molecule has 0 spiro atoms. The molecule has 1 aliphatic heterocycles. The molecule has 1 rings (SSSR count). The molecule has 2 nitrogen and oxygen atoms in total. The van der Waals surface area contributed by atoms with Crippen LogP contribution >= 0.6 is 0 Å². The number of ether oxygens (including phenoxy) is 2. The van der Waals surface area contributed by atoms with Crippen molar-refractivity contribution in [2.24, 2.45) is 0 Å². The van der Waals surface area contributed by atoms with Crippen LogP contribution in [0.15, 0.2) is 24.0 Å². The summed E-state index contributed by atoms with van der Waals surface area (Å²) in [5, 5.41) is 0. The second kappa shape index (κ2) is 2.88. The van der Waals surface area contributed by atoms with Crippen molar-refractivity contribution in [1.29, 1.82) is 0 Å². The minimum absolute atomic E-state index is 0.183. The number of hydrogen-bond donors (Lipinski definition) is 0. The highest BCUT2D eigenvalue weighted by Gasteiger charge is 2.18. The minimum Gasteiger partial charge on any atom is -0.462 e. The van der Waals surface area contributed by atoms with Crippen LogP contribution in [-0.2, 0) is 9.47 Å². The highest BCUT2D eigenvalue weighted by molar-refractivity contribution is 5.22. The topological polar surface area (TPSA) is 18.5 Å². The van der Waals surface area contributed by atoms with Crippen molar-refractivity contribution in [3.63, 3.8) is 0 Å². The molecule has 56 valence electrons. The maximum absolute atomic E-state index is 5.23. The summed E-state index contributed by atoms with van der Waals surface area (Å²) < 4.78 is 10.4. The van der Waals surface area contributed by atoms with Gasteiger partial charge in [-0.15, -0.1) is 0 Å². The molecule has 0 saturated heterocycles. The van der Waals surface area contributed by atoms with Gasteiger partial charge < -0.3 is 9.47 Å². The van der Waals surface area contributed by atoms with Gasteiger partial charge in [0.25, 0.3) is 0 Å². The zero-order chi connectivity index (χ0) is 7.56. The van der Waals surface area contributed by atoms with Crippen molar-refractivity contribution in [2.45, 2.75) is 20.1 Å². The molecule has 0 aromatic heterocycles. The van der Waals surface area contributed by atoms with Crippen LogP contribution in [0.4, 0.5) is 0 Å². The number of hydrogen-bond acceptors (Lipinski definition) is 2. The predicted octanol–water partition coefficient (Wildman–Crippen LogP) is 1.84. The summed E-state index contributed by atoms with van der Waals surface area (Å²) >= 11 is 0. The summed E-state index contributed by atoms with van der Waals surface area (Å²) in [6, 6.07) is 0. The van der Waals surface area contributed by atoms with Crippen LogP contribution in [0.25, 0.3) is 0 Å². The average Bonchev–Trinajstić information content (AvgIpc) is 2.13. The average molecular weight is 140 g/mol. The van der Waals surface area contributed by atoms with E-state index >= 15 is 0 Å². The van der Waals surface area contributed by atoms with Crippen molar-refractivity contribution in [1.82, 2.24) is 0 Å². The van der Waals surface area contributed by atoms with E-state index in [9.17, 15) is 0 Å². The Morgan fingerprint density at radius 3 is 2.90 bits per heavy atom. The fourth-order valence-electron chi connectivity index (χ4n) is 0.903. The Bertz CT molecular complexity index is 170. The van der Waals surface area contributed by atoms with E-state index in [1.165, 1.54) is 0 Å². The molecule has 0 saturated carbocycles. The van der Waals surface area contributed by atoms with Crippen molar-refractivity contribution in [3.05, 3.63) is 24.0 Å². The van der Waals surface area contributed by atoms with Gasteiger partial charge in [-0.1, -0.05) is 6.58 Å². The first kappa shape index (κ1) is 7.35. The van der Waals surface area contributed by atoms with E-state index < -0.39 is 0 Å². The van der Waals surface area contributed by atoms with Gasteiger partial charge in [0.1, 0.15) is 5.76 Å². The third-order valence-corrected chi connectivity index (χ3v) is 1.34. The van der Waals surface area contributed by atoms with Crippen LogP contribution < -0.4 is 0 Å². The Hall–Kier alpha value is -0.760. The molecule has 0 aromatic rings. The molecule has 0 radical (unpaired) electrons. The number of rotatable bonds is 2. The molecule has 0 bridgehead atoms. The maximum Gasteiger partial charge on any atom is 0.222 e. The lowest BCUT2D eigenvalue weighted by molar-refractivity contribution is -0.0725. The molecule has 0 fully saturated rings. The van der Waals surface area contributed by atoms with Gasteiger partial charge in [0.2, 0.25) is 6.29 Å². The van der Waals surface area contributed by atoms with Gasteiger partial charge in [-0.25, -0.2) is 0 Å². The second-order valence-electron chi connectivity index (χ2n) is 2.26. The van der Waals surface area contributed by atoms with E-state index in [0.717, 1.165) is 5.57 Å². The molecule has 0 aliphatic carbocycles. The Balaban J connectivity index is 2.51. The second-order valence-corrected chi connectivity index (χ2v) is 2.26. The molecule has 1 aliphatic rings. The largest absolute Gasteiger partial charge is 0.462 e. The lowest BCUT2D eigenvalue weighted by Crippen LogP contribution is -2.12. The van der Waals surface area contributed by atoms with Gasteiger partial charge in [0.05, 0.1) is 0 Å². The molecule has 1 heterocycles. The fraction of sp³-hybridized carbons (Fsp3) is 0.500. The smallest absolute Gasteiger partial charge is 0.222 e. The Morgan fingerprint density at radius 1 is 1.80 bits per heavy atom. The Morgan fingerprint density at radius 2 is 2.50 bits per heavy atom. The molecule has 1 unspecified atom stereocenters. The standard InChI is InChI=1S/C8H12O2/c1-4-9-8-6(2)5-7(3)10-8/h5,8H,3-4H2,1-2H3. The quantitative estimate of drug-likeness (QED) is 0.582. The summed E-state index contributed by atoms with van der Waals surface area (Å²) in [4.78, 5) is 0. The van der Waals surface area contributed by atoms with E-state index in [2.05, 4.69) is 6.58 Å². The molecule has 0 amide bonds. The van der Waals surface area contributed by atoms with E-state index in [-0.39, 0.29) is 6.29 Å². The van der Waals surface area contributed by atoms with Crippen molar-refractivity contribution >= 4 is 0 Å². The lowest BCUT2D eigenvalue weighted by Gasteiger charge is -2.11. The van der Waals surface area contributed by atoms with E-state index in [1.54, 1.807) is 0 Å². The van der Waals surface area contributed by atoms with Gasteiger partial charge >= 0.3 is 0 Å². The van der Waals surface area contributed by atoms with E-state index in [0.29, 0.717) is 12.4 Å². The normalized spacial score (nSPS) is 24.4. The molecule has 2 heteroatoms. The number of allylic oxidation sites excluding steroid dienone is 1. The summed E-state index contributed by atoms with van der Waals surface area (Å²) in [5.74, 6) is 0.691. The SMILES string of the molecule is C=C1C=C(C)C(OCC)O1. The highest BCUT2D eigenvalue weighted by Crippen LogP contribution is 2.21. The summed E-state index contributed by atoms with van der Waals surface area (Å²) in [6.07, 6.45) is 1.71. The molecule has 0 N–H and O–H groups in total. The van der Waals surface area contributed by atoms with Gasteiger partial charge in [-0.05, 0) is 25.5 Å². The van der Waals surface area contributed by atoms with Crippen molar-refractivity contribution in [3.8, 4) is 0 Å². The van der Waals surface area contributed by atoms with Crippen LogP contribution in [-0.4, -0.2) is 12.9 Å². The third-order valence-electron chi connectivity index (χ3n) is 1.34. The zero-order valence-electron chi connectivity index (χ0n) is 6.39. The first-order valence-corrected chi connectivity index (χ1v) is 3.39. The van der Waals surface area contributed by atoms with Crippen molar-refractivity contribution in [2.75, 3.05) is 6.61 Å². The lowest BCUT2D eigenvalue weighted by atomic mass is 10.3. The molecular formula is C8H12O2. The minimum atomic E-state index is -0.183. The molecule has 0 aromatic carbocycles. The van der Waals surface area contributed by atoms with Crippen molar-refractivity contribution < 1.29 is 9.47 Å². The molecule has 1 atom stereocenters.